The monoisotopic (exact) mass is 618 g/mol. The zero-order valence-corrected chi connectivity index (χ0v) is 25.8. The second-order valence-electron chi connectivity index (χ2n) is 11.4. The molecular formula is C33H39FN6O5. The number of anilines is 3. The molecule has 5 rings (SSSR count). The molecule has 11 nitrogen and oxygen atoms in total. The van der Waals surface area contributed by atoms with E-state index in [4.69, 9.17) is 0 Å². The van der Waals surface area contributed by atoms with Gasteiger partial charge < -0.3 is 20.3 Å². The Morgan fingerprint density at radius 3 is 2.36 bits per heavy atom. The number of carboxylic acids is 1. The number of carboxylic acid groups (broad SMARTS) is 1. The van der Waals surface area contributed by atoms with Gasteiger partial charge in [0.1, 0.15) is 17.2 Å². The molecule has 2 aromatic heterocycles. The molecule has 1 aliphatic rings. The number of rotatable bonds is 11. The van der Waals surface area contributed by atoms with Crippen molar-refractivity contribution in [2.24, 2.45) is 0 Å². The molecule has 1 saturated heterocycles. The number of carbonyl (C=O) groups is 1. The molecule has 0 saturated carbocycles. The Bertz CT molecular complexity index is 1870. The van der Waals surface area contributed by atoms with E-state index >= 15 is 4.39 Å². The van der Waals surface area contributed by atoms with E-state index in [1.54, 1.807) is 13.0 Å². The van der Waals surface area contributed by atoms with E-state index in [0.717, 1.165) is 31.1 Å². The van der Waals surface area contributed by atoms with E-state index in [1.807, 2.05) is 30.0 Å². The largest absolute Gasteiger partial charge is 0.477 e. The van der Waals surface area contributed by atoms with Gasteiger partial charge in [-0.2, -0.15) is 0 Å². The van der Waals surface area contributed by atoms with Crippen LogP contribution in [0.25, 0.3) is 10.9 Å². The SMILES string of the molecule is CCc1cc(Nc2cc(=O)n(CCCCN3CCN(c4cc5[nH]c(CC)c(C(=O)O)c(=O)c5cc4F)CC3)c(=O)[nH]2)ccc1C. The highest BCUT2D eigenvalue weighted by atomic mass is 19.1. The second kappa shape index (κ2) is 13.5. The van der Waals surface area contributed by atoms with E-state index < -0.39 is 22.9 Å². The summed E-state index contributed by atoms with van der Waals surface area (Å²) in [7, 11) is 0. The topological polar surface area (TPSA) is 144 Å². The van der Waals surface area contributed by atoms with Crippen LogP contribution in [0.2, 0.25) is 0 Å². The van der Waals surface area contributed by atoms with Crippen LogP contribution in [0, 0.1) is 12.7 Å². The first kappa shape index (κ1) is 31.7. The maximum absolute atomic E-state index is 15.1. The highest BCUT2D eigenvalue weighted by Gasteiger charge is 2.23. The lowest BCUT2D eigenvalue weighted by atomic mass is 10.1. The molecule has 0 spiro atoms. The number of aromatic amines is 2. The minimum absolute atomic E-state index is 0.0187. The van der Waals surface area contributed by atoms with E-state index in [0.29, 0.717) is 68.3 Å². The van der Waals surface area contributed by atoms with E-state index in [9.17, 15) is 24.3 Å². The van der Waals surface area contributed by atoms with Crippen molar-refractivity contribution in [2.75, 3.05) is 42.9 Å². The first-order chi connectivity index (χ1) is 21.6. The summed E-state index contributed by atoms with van der Waals surface area (Å²) >= 11 is 0. The summed E-state index contributed by atoms with van der Waals surface area (Å²) in [4.78, 5) is 59.7. The smallest absolute Gasteiger partial charge is 0.341 e. The molecule has 0 unspecified atom stereocenters. The van der Waals surface area contributed by atoms with Gasteiger partial charge in [0.2, 0.25) is 5.43 Å². The summed E-state index contributed by atoms with van der Waals surface area (Å²) < 4.78 is 16.3. The van der Waals surface area contributed by atoms with Crippen LogP contribution in [0.5, 0.6) is 0 Å². The zero-order valence-electron chi connectivity index (χ0n) is 25.8. The molecular weight excluding hydrogens is 579 g/mol. The maximum atomic E-state index is 15.1. The fraction of sp³-hybridized carbons (Fsp3) is 0.394. The Hall–Kier alpha value is -4.71. The van der Waals surface area contributed by atoms with E-state index in [2.05, 4.69) is 27.1 Å². The molecule has 238 valence electrons. The highest BCUT2D eigenvalue weighted by Crippen LogP contribution is 2.26. The van der Waals surface area contributed by atoms with Crippen LogP contribution >= 0.6 is 0 Å². The van der Waals surface area contributed by atoms with Gasteiger partial charge in [-0.25, -0.2) is 14.0 Å². The summed E-state index contributed by atoms with van der Waals surface area (Å²) in [6.07, 6.45) is 2.65. The number of nitrogens with zero attached hydrogens (tertiary/aromatic N) is 3. The Labute approximate surface area is 259 Å². The summed E-state index contributed by atoms with van der Waals surface area (Å²) in [6.45, 7) is 9.53. The fourth-order valence-corrected chi connectivity index (χ4v) is 5.99. The molecule has 45 heavy (non-hydrogen) atoms. The van der Waals surface area contributed by atoms with Crippen molar-refractivity contribution in [3.63, 3.8) is 0 Å². The molecule has 4 aromatic rings. The average molecular weight is 619 g/mol. The van der Waals surface area contributed by atoms with Gasteiger partial charge >= 0.3 is 11.7 Å². The quantitative estimate of drug-likeness (QED) is 0.185. The van der Waals surface area contributed by atoms with Crippen LogP contribution in [0.3, 0.4) is 0 Å². The molecule has 0 radical (unpaired) electrons. The Kier molecular flexibility index (Phi) is 9.52. The van der Waals surface area contributed by atoms with Crippen molar-refractivity contribution in [1.29, 1.82) is 0 Å². The third kappa shape index (κ3) is 6.85. The Balaban J connectivity index is 1.15. The number of fused-ring (bicyclic) bond motifs is 1. The number of hydrogen-bond donors (Lipinski definition) is 4. The van der Waals surface area contributed by atoms with Crippen LogP contribution in [0.1, 0.15) is 53.9 Å². The zero-order chi connectivity index (χ0) is 32.2. The van der Waals surface area contributed by atoms with Gasteiger partial charge in [0, 0.05) is 55.6 Å². The molecule has 2 aromatic carbocycles. The normalized spacial score (nSPS) is 13.8. The lowest BCUT2D eigenvalue weighted by Gasteiger charge is -2.36. The van der Waals surface area contributed by atoms with Crippen molar-refractivity contribution in [3.05, 3.63) is 95.7 Å². The van der Waals surface area contributed by atoms with Crippen molar-refractivity contribution >= 4 is 34.1 Å². The molecule has 4 N–H and O–H groups in total. The summed E-state index contributed by atoms with van der Waals surface area (Å²) in [5.41, 5.74) is 2.44. The number of aromatic carboxylic acids is 1. The van der Waals surface area contributed by atoms with Crippen LogP contribution < -0.4 is 26.9 Å². The number of piperazine rings is 1. The minimum atomic E-state index is -1.33. The molecule has 0 bridgehead atoms. The lowest BCUT2D eigenvalue weighted by Crippen LogP contribution is -2.47. The van der Waals surface area contributed by atoms with Crippen LogP contribution in [0.15, 0.2) is 50.8 Å². The standard InChI is InChI=1S/C33H39FN6O5/c1-4-21-16-22(9-8-20(21)3)35-28-19-29(41)40(33(45)37-28)11-7-6-10-38-12-14-39(15-13-38)27-18-26-23(17-24(27)34)31(42)30(32(43)44)25(5-2)36-26/h8-9,16-19,35H,4-7,10-15H2,1-3H3,(H,36,42)(H,37,45)(H,43,44). The average Bonchev–Trinajstić information content (AvgIpc) is 3.01. The molecule has 1 aliphatic heterocycles. The minimum Gasteiger partial charge on any atom is -0.477 e. The Morgan fingerprint density at radius 2 is 1.69 bits per heavy atom. The number of nitrogens with one attached hydrogen (secondary N) is 3. The maximum Gasteiger partial charge on any atom is 0.341 e. The van der Waals surface area contributed by atoms with Crippen molar-refractivity contribution in [1.82, 2.24) is 19.4 Å². The number of hydrogen-bond acceptors (Lipinski definition) is 7. The molecule has 0 atom stereocenters. The predicted octanol–water partition coefficient (Wildman–Crippen LogP) is 3.99. The summed E-state index contributed by atoms with van der Waals surface area (Å²) in [5, 5.41) is 12.6. The first-order valence-corrected chi connectivity index (χ1v) is 15.4. The third-order valence-electron chi connectivity index (χ3n) is 8.56. The molecule has 0 aliphatic carbocycles. The number of aromatic nitrogens is 3. The van der Waals surface area contributed by atoms with E-state index in [-0.39, 0.29) is 16.5 Å². The van der Waals surface area contributed by atoms with Gasteiger partial charge in [-0.3, -0.25) is 24.0 Å². The fourth-order valence-electron chi connectivity index (χ4n) is 5.99. The second-order valence-corrected chi connectivity index (χ2v) is 11.4. The highest BCUT2D eigenvalue weighted by molar-refractivity contribution is 5.94. The molecule has 0 amide bonds. The van der Waals surface area contributed by atoms with Gasteiger partial charge in [-0.15, -0.1) is 0 Å². The first-order valence-electron chi connectivity index (χ1n) is 15.4. The van der Waals surface area contributed by atoms with Gasteiger partial charge in [0.25, 0.3) is 5.56 Å². The van der Waals surface area contributed by atoms with Gasteiger partial charge in [0.05, 0.1) is 11.2 Å². The number of benzene rings is 2. The summed E-state index contributed by atoms with van der Waals surface area (Å²) in [5.74, 6) is -1.54. The summed E-state index contributed by atoms with van der Waals surface area (Å²) in [6, 6.07) is 10.1. The third-order valence-corrected chi connectivity index (χ3v) is 8.56. The van der Waals surface area contributed by atoms with Gasteiger partial charge in [-0.1, -0.05) is 19.9 Å². The van der Waals surface area contributed by atoms with Gasteiger partial charge in [-0.05, 0) is 74.5 Å². The molecule has 1 fully saturated rings. The molecule has 3 heterocycles. The van der Waals surface area contributed by atoms with Crippen LogP contribution in [-0.4, -0.2) is 63.2 Å². The predicted molar refractivity (Wildman–Crippen MR) is 174 cm³/mol. The van der Waals surface area contributed by atoms with Crippen molar-refractivity contribution < 1.29 is 14.3 Å². The van der Waals surface area contributed by atoms with Crippen LogP contribution in [0.4, 0.5) is 21.6 Å². The number of unbranched alkanes of at least 4 members (excludes halogenated alkanes) is 1. The molecule has 12 heteroatoms. The van der Waals surface area contributed by atoms with Gasteiger partial charge in [0.15, 0.2) is 0 Å². The number of halogens is 1. The van der Waals surface area contributed by atoms with Crippen molar-refractivity contribution in [3.8, 4) is 0 Å². The number of H-pyrrole nitrogens is 2. The Morgan fingerprint density at radius 1 is 0.956 bits per heavy atom. The number of aryl methyl sites for hydroxylation is 3. The lowest BCUT2D eigenvalue weighted by molar-refractivity contribution is 0.0694. The number of pyridine rings is 1. The van der Waals surface area contributed by atoms with Crippen LogP contribution in [-0.2, 0) is 19.4 Å². The van der Waals surface area contributed by atoms with Crippen molar-refractivity contribution in [2.45, 2.75) is 53.0 Å². The van der Waals surface area contributed by atoms with E-state index in [1.165, 1.54) is 21.8 Å².